The molecule has 4 rings (SSSR count). The van der Waals surface area contributed by atoms with Crippen LogP contribution in [0.15, 0.2) is 17.5 Å². The molecule has 1 aliphatic carbocycles. The van der Waals surface area contributed by atoms with Crippen molar-refractivity contribution in [3.63, 3.8) is 0 Å². The van der Waals surface area contributed by atoms with Crippen LogP contribution in [0.25, 0.3) is 0 Å². The fraction of sp³-hybridized carbons (Fsp3) is 0.650. The maximum atomic E-state index is 10.5. The van der Waals surface area contributed by atoms with Gasteiger partial charge in [0, 0.05) is 37.6 Å². The van der Waals surface area contributed by atoms with Crippen LogP contribution in [0.3, 0.4) is 0 Å². The molecule has 142 valence electrons. The van der Waals surface area contributed by atoms with Gasteiger partial charge in [0.1, 0.15) is 6.10 Å². The highest BCUT2D eigenvalue weighted by Crippen LogP contribution is 2.37. The lowest BCUT2D eigenvalue weighted by molar-refractivity contribution is 0.0581. The second-order valence-corrected chi connectivity index (χ2v) is 9.14. The zero-order valence-corrected chi connectivity index (χ0v) is 16.7. The summed E-state index contributed by atoms with van der Waals surface area (Å²) in [6.45, 7) is 4.99. The maximum Gasteiger partial charge on any atom is 0.101 e. The van der Waals surface area contributed by atoms with Gasteiger partial charge < -0.3 is 10.0 Å². The van der Waals surface area contributed by atoms with Crippen molar-refractivity contribution in [1.82, 2.24) is 19.6 Å². The van der Waals surface area contributed by atoms with Crippen LogP contribution in [-0.2, 0) is 26.2 Å². The molecular formula is C20H30N4OS. The Labute approximate surface area is 160 Å². The van der Waals surface area contributed by atoms with Crippen LogP contribution in [-0.4, -0.2) is 45.3 Å². The second kappa shape index (κ2) is 7.80. The summed E-state index contributed by atoms with van der Waals surface area (Å²) in [5.74, 6) is 0.423. The molecule has 0 aromatic carbocycles. The van der Waals surface area contributed by atoms with E-state index in [1.54, 1.807) is 0 Å². The van der Waals surface area contributed by atoms with Crippen LogP contribution < -0.4 is 0 Å². The second-order valence-electron chi connectivity index (χ2n) is 8.14. The summed E-state index contributed by atoms with van der Waals surface area (Å²) in [5.41, 5.74) is 3.54. The van der Waals surface area contributed by atoms with Crippen LogP contribution in [0.2, 0.25) is 0 Å². The van der Waals surface area contributed by atoms with Crippen LogP contribution in [0, 0.1) is 5.92 Å². The van der Waals surface area contributed by atoms with E-state index in [4.69, 9.17) is 5.10 Å². The SMILES string of the molecule is CN(C)Cc1csc(CN2CCCn3nc([C@@H](O)C4CCC4)cc3C2)c1. The normalized spacial score (nSPS) is 20.0. The molecule has 0 radical (unpaired) electrons. The summed E-state index contributed by atoms with van der Waals surface area (Å²) in [4.78, 5) is 6.17. The Morgan fingerprint density at radius 1 is 1.27 bits per heavy atom. The van der Waals surface area contributed by atoms with Crippen LogP contribution in [0.5, 0.6) is 0 Å². The predicted octanol–water partition coefficient (Wildman–Crippen LogP) is 3.25. The Morgan fingerprint density at radius 2 is 2.12 bits per heavy atom. The molecule has 0 unspecified atom stereocenters. The van der Waals surface area contributed by atoms with Gasteiger partial charge in [-0.15, -0.1) is 11.3 Å². The lowest BCUT2D eigenvalue weighted by atomic mass is 9.80. The number of aliphatic hydroxyl groups excluding tert-OH is 1. The Morgan fingerprint density at radius 3 is 2.85 bits per heavy atom. The van der Waals surface area contributed by atoms with Gasteiger partial charge in [-0.25, -0.2) is 0 Å². The number of thiophene rings is 1. The van der Waals surface area contributed by atoms with Crippen LogP contribution in [0.4, 0.5) is 0 Å². The topological polar surface area (TPSA) is 44.5 Å². The van der Waals surface area contributed by atoms with Gasteiger partial charge in [0.25, 0.3) is 0 Å². The third-order valence-corrected chi connectivity index (χ3v) is 6.57. The van der Waals surface area contributed by atoms with Gasteiger partial charge in [0.2, 0.25) is 0 Å². The molecular weight excluding hydrogens is 344 g/mol. The number of rotatable bonds is 6. The lowest BCUT2D eigenvalue weighted by Gasteiger charge is -2.29. The zero-order chi connectivity index (χ0) is 18.1. The van der Waals surface area contributed by atoms with Crippen LogP contribution in [0.1, 0.15) is 53.6 Å². The molecule has 0 spiro atoms. The smallest absolute Gasteiger partial charge is 0.101 e. The highest BCUT2D eigenvalue weighted by molar-refractivity contribution is 7.10. The third-order valence-electron chi connectivity index (χ3n) is 5.60. The van der Waals surface area contributed by atoms with E-state index in [0.29, 0.717) is 5.92 Å². The predicted molar refractivity (Wildman–Crippen MR) is 105 cm³/mol. The molecule has 2 aromatic heterocycles. The molecule has 0 amide bonds. The highest BCUT2D eigenvalue weighted by Gasteiger charge is 2.29. The summed E-state index contributed by atoms with van der Waals surface area (Å²) in [7, 11) is 4.23. The third kappa shape index (κ3) is 4.03. The van der Waals surface area contributed by atoms with Gasteiger partial charge in [0.05, 0.1) is 11.4 Å². The average molecular weight is 375 g/mol. The first-order valence-corrected chi connectivity index (χ1v) is 10.6. The fourth-order valence-electron chi connectivity index (χ4n) is 4.00. The van der Waals surface area contributed by atoms with E-state index < -0.39 is 0 Å². The van der Waals surface area contributed by atoms with Crippen molar-refractivity contribution in [2.75, 3.05) is 20.6 Å². The molecule has 2 aliphatic rings. The van der Waals surface area contributed by atoms with Gasteiger partial charge in [-0.3, -0.25) is 9.58 Å². The first-order valence-electron chi connectivity index (χ1n) is 9.76. The van der Waals surface area contributed by atoms with Crippen molar-refractivity contribution in [2.45, 2.75) is 58.0 Å². The number of aryl methyl sites for hydroxylation is 1. The lowest BCUT2D eigenvalue weighted by Crippen LogP contribution is -2.22. The van der Waals surface area contributed by atoms with Crippen molar-refractivity contribution < 1.29 is 5.11 Å². The Hall–Kier alpha value is -1.21. The van der Waals surface area contributed by atoms with E-state index >= 15 is 0 Å². The van der Waals surface area contributed by atoms with Gasteiger partial charge in [-0.2, -0.15) is 5.10 Å². The molecule has 1 aliphatic heterocycles. The number of aromatic nitrogens is 2. The molecule has 26 heavy (non-hydrogen) atoms. The van der Waals surface area contributed by atoms with Gasteiger partial charge >= 0.3 is 0 Å². The van der Waals surface area contributed by atoms with Gasteiger partial charge in [-0.1, -0.05) is 6.42 Å². The standard InChI is InChI=1S/C20H30N4OS/c1-22(2)11-15-9-18(26-14-15)13-23-7-4-8-24-17(12-23)10-19(21-24)20(25)16-5-3-6-16/h9-10,14,16,20,25H,3-8,11-13H2,1-2H3/t20-/m0/s1. The Balaban J connectivity index is 1.42. The minimum atomic E-state index is -0.373. The van der Waals surface area contributed by atoms with E-state index in [-0.39, 0.29) is 6.10 Å². The quantitative estimate of drug-likeness (QED) is 0.843. The van der Waals surface area contributed by atoms with E-state index in [1.165, 1.54) is 22.6 Å². The molecule has 1 saturated carbocycles. The average Bonchev–Trinajstić information content (AvgIpc) is 3.08. The van der Waals surface area contributed by atoms with Crippen molar-refractivity contribution in [3.8, 4) is 0 Å². The highest BCUT2D eigenvalue weighted by atomic mass is 32.1. The van der Waals surface area contributed by atoms with E-state index in [0.717, 1.165) is 57.7 Å². The molecule has 0 bridgehead atoms. The fourth-order valence-corrected chi connectivity index (χ4v) is 4.93. The zero-order valence-electron chi connectivity index (χ0n) is 15.9. The molecule has 2 aromatic rings. The summed E-state index contributed by atoms with van der Waals surface area (Å²) in [6.07, 6.45) is 4.28. The van der Waals surface area contributed by atoms with Crippen molar-refractivity contribution in [2.24, 2.45) is 5.92 Å². The van der Waals surface area contributed by atoms with Gasteiger partial charge in [0.15, 0.2) is 0 Å². The monoisotopic (exact) mass is 374 g/mol. The molecule has 1 atom stereocenters. The molecule has 5 nitrogen and oxygen atoms in total. The van der Waals surface area contributed by atoms with E-state index in [2.05, 4.69) is 46.1 Å². The molecule has 3 heterocycles. The number of fused-ring (bicyclic) bond motifs is 1. The van der Waals surface area contributed by atoms with Crippen LogP contribution >= 0.6 is 11.3 Å². The minimum Gasteiger partial charge on any atom is -0.386 e. The van der Waals surface area contributed by atoms with Crippen molar-refractivity contribution >= 4 is 11.3 Å². The Bertz CT molecular complexity index is 734. The molecule has 1 fully saturated rings. The number of hydrogen-bond donors (Lipinski definition) is 1. The van der Waals surface area contributed by atoms with Crippen molar-refractivity contribution in [1.29, 1.82) is 0 Å². The maximum absolute atomic E-state index is 10.5. The number of aliphatic hydroxyl groups is 1. The number of hydrogen-bond acceptors (Lipinski definition) is 5. The van der Waals surface area contributed by atoms with E-state index in [1.807, 2.05) is 11.3 Å². The summed E-state index contributed by atoms with van der Waals surface area (Å²) in [6, 6.07) is 4.49. The summed E-state index contributed by atoms with van der Waals surface area (Å²) >= 11 is 1.87. The first-order chi connectivity index (χ1) is 12.6. The first kappa shape index (κ1) is 18.2. The number of nitrogens with zero attached hydrogens (tertiary/aromatic N) is 4. The van der Waals surface area contributed by atoms with Gasteiger partial charge in [-0.05, 0) is 62.4 Å². The summed E-state index contributed by atoms with van der Waals surface area (Å²) < 4.78 is 2.13. The summed E-state index contributed by atoms with van der Waals surface area (Å²) in [5, 5.41) is 17.6. The minimum absolute atomic E-state index is 0.373. The largest absolute Gasteiger partial charge is 0.386 e. The molecule has 0 saturated heterocycles. The Kier molecular flexibility index (Phi) is 5.45. The van der Waals surface area contributed by atoms with E-state index in [9.17, 15) is 5.11 Å². The molecule has 1 N–H and O–H groups in total. The molecule has 6 heteroatoms. The van der Waals surface area contributed by atoms with Crippen molar-refractivity contribution in [3.05, 3.63) is 39.3 Å².